The van der Waals surface area contributed by atoms with Gasteiger partial charge in [0.15, 0.2) is 0 Å². The van der Waals surface area contributed by atoms with Gasteiger partial charge in [-0.3, -0.25) is 0 Å². The van der Waals surface area contributed by atoms with Crippen molar-refractivity contribution >= 4 is 21.8 Å². The standard InChI is InChI=1S/C7H15ClN2O2S/c1-9(2)13(11,12)10-5-3-4-7(8)6-10/h7H,3-6H2,1-2H3. The molecule has 0 aromatic heterocycles. The summed E-state index contributed by atoms with van der Waals surface area (Å²) in [5.74, 6) is 0. The molecule has 78 valence electrons. The Hall–Kier alpha value is 0.160. The van der Waals surface area contributed by atoms with Crippen molar-refractivity contribution in [2.45, 2.75) is 18.2 Å². The number of alkyl halides is 1. The van der Waals surface area contributed by atoms with Crippen LogP contribution in [0, 0.1) is 0 Å². The van der Waals surface area contributed by atoms with E-state index in [1.165, 1.54) is 22.7 Å². The second-order valence-electron chi connectivity index (χ2n) is 3.39. The molecule has 0 aromatic rings. The maximum Gasteiger partial charge on any atom is 0.281 e. The number of rotatable bonds is 2. The van der Waals surface area contributed by atoms with Crippen molar-refractivity contribution < 1.29 is 8.42 Å². The first kappa shape index (κ1) is 11.2. The molecule has 1 atom stereocenters. The molecule has 4 nitrogen and oxygen atoms in total. The predicted molar refractivity (Wildman–Crippen MR) is 53.1 cm³/mol. The zero-order valence-corrected chi connectivity index (χ0v) is 9.48. The highest BCUT2D eigenvalue weighted by molar-refractivity contribution is 7.86. The van der Waals surface area contributed by atoms with Crippen LogP contribution in [0.4, 0.5) is 0 Å². The van der Waals surface area contributed by atoms with Crippen molar-refractivity contribution in [2.75, 3.05) is 27.2 Å². The Morgan fingerprint density at radius 1 is 1.46 bits per heavy atom. The third kappa shape index (κ3) is 2.56. The van der Waals surface area contributed by atoms with E-state index in [2.05, 4.69) is 0 Å². The Bertz CT molecular complexity index is 266. The van der Waals surface area contributed by atoms with Crippen LogP contribution in [0.1, 0.15) is 12.8 Å². The van der Waals surface area contributed by atoms with E-state index in [1.54, 1.807) is 0 Å². The predicted octanol–water partition coefficient (Wildman–Crippen LogP) is 0.496. The van der Waals surface area contributed by atoms with E-state index in [0.29, 0.717) is 13.1 Å². The van der Waals surface area contributed by atoms with Crippen LogP contribution >= 0.6 is 11.6 Å². The van der Waals surface area contributed by atoms with E-state index in [9.17, 15) is 8.42 Å². The van der Waals surface area contributed by atoms with Gasteiger partial charge in [-0.1, -0.05) is 0 Å². The maximum atomic E-state index is 11.6. The molecule has 0 aromatic carbocycles. The Morgan fingerprint density at radius 2 is 2.08 bits per heavy atom. The third-order valence-corrected chi connectivity index (χ3v) is 4.38. The molecular weight excluding hydrogens is 212 g/mol. The summed E-state index contributed by atoms with van der Waals surface area (Å²) >= 11 is 5.90. The molecule has 1 aliphatic heterocycles. The smallest absolute Gasteiger partial charge is 0.195 e. The first-order chi connectivity index (χ1) is 5.94. The van der Waals surface area contributed by atoms with E-state index >= 15 is 0 Å². The van der Waals surface area contributed by atoms with Crippen LogP contribution in [-0.2, 0) is 10.2 Å². The van der Waals surface area contributed by atoms with E-state index < -0.39 is 10.2 Å². The molecule has 0 spiro atoms. The third-order valence-electron chi connectivity index (χ3n) is 2.11. The molecule has 13 heavy (non-hydrogen) atoms. The van der Waals surface area contributed by atoms with E-state index in [1.807, 2.05) is 0 Å². The van der Waals surface area contributed by atoms with Gasteiger partial charge in [0.2, 0.25) is 0 Å². The van der Waals surface area contributed by atoms with Gasteiger partial charge < -0.3 is 0 Å². The maximum absolute atomic E-state index is 11.6. The van der Waals surface area contributed by atoms with Gasteiger partial charge in [-0.25, -0.2) is 0 Å². The lowest BCUT2D eigenvalue weighted by molar-refractivity contribution is 0.328. The normalized spacial score (nSPS) is 26.6. The largest absolute Gasteiger partial charge is 0.281 e. The fraction of sp³-hybridized carbons (Fsp3) is 1.00. The Labute approximate surface area is 84.6 Å². The molecule has 1 fully saturated rings. The number of halogens is 1. The van der Waals surface area contributed by atoms with Crippen molar-refractivity contribution in [1.29, 1.82) is 0 Å². The quantitative estimate of drug-likeness (QED) is 0.644. The Balaban J connectivity index is 2.71. The van der Waals surface area contributed by atoms with Gasteiger partial charge in [-0.2, -0.15) is 17.0 Å². The van der Waals surface area contributed by atoms with Crippen molar-refractivity contribution in [3.8, 4) is 0 Å². The molecule has 1 heterocycles. The number of hydrogen-bond donors (Lipinski definition) is 0. The summed E-state index contributed by atoms with van der Waals surface area (Å²) in [6, 6.07) is 0. The van der Waals surface area contributed by atoms with Crippen LogP contribution in [0.5, 0.6) is 0 Å². The first-order valence-electron chi connectivity index (χ1n) is 4.26. The van der Waals surface area contributed by atoms with Gasteiger partial charge in [-0.05, 0) is 12.8 Å². The molecular formula is C7H15ClN2O2S. The van der Waals surface area contributed by atoms with Gasteiger partial charge in [0.1, 0.15) is 0 Å². The minimum absolute atomic E-state index is 0.0384. The molecule has 1 unspecified atom stereocenters. The van der Waals surface area contributed by atoms with E-state index in [-0.39, 0.29) is 5.38 Å². The molecule has 1 aliphatic rings. The van der Waals surface area contributed by atoms with Gasteiger partial charge >= 0.3 is 0 Å². The highest BCUT2D eigenvalue weighted by atomic mass is 35.5. The van der Waals surface area contributed by atoms with Gasteiger partial charge in [-0.15, -0.1) is 11.6 Å². The molecule has 0 N–H and O–H groups in total. The Kier molecular flexibility index (Phi) is 3.57. The molecule has 6 heteroatoms. The summed E-state index contributed by atoms with van der Waals surface area (Å²) < 4.78 is 25.9. The molecule has 0 amide bonds. The molecule has 1 rings (SSSR count). The lowest BCUT2D eigenvalue weighted by atomic mass is 10.2. The summed E-state index contributed by atoms with van der Waals surface area (Å²) in [6.07, 6.45) is 1.75. The zero-order chi connectivity index (χ0) is 10.1. The first-order valence-corrected chi connectivity index (χ1v) is 6.09. The van der Waals surface area contributed by atoms with Crippen LogP contribution in [0.2, 0.25) is 0 Å². The average molecular weight is 227 g/mol. The Morgan fingerprint density at radius 3 is 2.54 bits per heavy atom. The molecule has 0 radical (unpaired) electrons. The summed E-state index contributed by atoms with van der Waals surface area (Å²) in [5, 5.41) is -0.0384. The van der Waals surface area contributed by atoms with Crippen LogP contribution in [0.3, 0.4) is 0 Å². The lowest BCUT2D eigenvalue weighted by Crippen LogP contribution is -2.45. The number of piperidine rings is 1. The topological polar surface area (TPSA) is 40.6 Å². The summed E-state index contributed by atoms with van der Waals surface area (Å²) in [4.78, 5) is 0. The molecule has 0 bridgehead atoms. The summed E-state index contributed by atoms with van der Waals surface area (Å²) in [7, 11) is -0.181. The van der Waals surface area contributed by atoms with Crippen LogP contribution in [0.15, 0.2) is 0 Å². The van der Waals surface area contributed by atoms with Crippen molar-refractivity contribution in [3.05, 3.63) is 0 Å². The number of hydrogen-bond acceptors (Lipinski definition) is 2. The fourth-order valence-corrected chi connectivity index (χ4v) is 2.93. The van der Waals surface area contributed by atoms with Crippen molar-refractivity contribution in [2.24, 2.45) is 0 Å². The summed E-state index contributed by atoms with van der Waals surface area (Å²) in [6.45, 7) is 1.02. The van der Waals surface area contributed by atoms with E-state index in [4.69, 9.17) is 11.6 Å². The SMILES string of the molecule is CN(C)S(=O)(=O)N1CCCC(Cl)C1. The monoisotopic (exact) mass is 226 g/mol. The zero-order valence-electron chi connectivity index (χ0n) is 7.90. The van der Waals surface area contributed by atoms with Crippen molar-refractivity contribution in [1.82, 2.24) is 8.61 Å². The minimum Gasteiger partial charge on any atom is -0.195 e. The highest BCUT2D eigenvalue weighted by Crippen LogP contribution is 2.18. The lowest BCUT2D eigenvalue weighted by Gasteiger charge is -2.30. The highest BCUT2D eigenvalue weighted by Gasteiger charge is 2.29. The fourth-order valence-electron chi connectivity index (χ4n) is 1.33. The second kappa shape index (κ2) is 4.13. The average Bonchev–Trinajstić information content (AvgIpc) is 2.04. The van der Waals surface area contributed by atoms with Gasteiger partial charge in [0.25, 0.3) is 10.2 Å². The molecule has 1 saturated heterocycles. The number of nitrogens with zero attached hydrogens (tertiary/aromatic N) is 2. The van der Waals surface area contributed by atoms with Crippen LogP contribution in [-0.4, -0.2) is 49.6 Å². The summed E-state index contributed by atoms with van der Waals surface area (Å²) in [5.41, 5.74) is 0. The van der Waals surface area contributed by atoms with Gasteiger partial charge in [0.05, 0.1) is 0 Å². The van der Waals surface area contributed by atoms with E-state index in [0.717, 1.165) is 12.8 Å². The van der Waals surface area contributed by atoms with Gasteiger partial charge in [0, 0.05) is 32.6 Å². The van der Waals surface area contributed by atoms with Crippen LogP contribution < -0.4 is 0 Å². The van der Waals surface area contributed by atoms with Crippen LogP contribution in [0.25, 0.3) is 0 Å². The second-order valence-corrected chi connectivity index (χ2v) is 6.15. The van der Waals surface area contributed by atoms with Crippen molar-refractivity contribution in [3.63, 3.8) is 0 Å². The minimum atomic E-state index is -3.25. The molecule has 0 aliphatic carbocycles. The molecule has 0 saturated carbocycles.